The number of para-hydroxylation sites is 1. The first kappa shape index (κ1) is 16.3. The van der Waals surface area contributed by atoms with Crippen molar-refractivity contribution in [1.29, 1.82) is 0 Å². The van der Waals surface area contributed by atoms with Crippen LogP contribution in [0.5, 0.6) is 5.75 Å². The molecule has 0 saturated carbocycles. The van der Waals surface area contributed by atoms with Gasteiger partial charge >= 0.3 is 0 Å². The van der Waals surface area contributed by atoms with Gasteiger partial charge in [0.05, 0.1) is 18.2 Å². The molecule has 1 unspecified atom stereocenters. The number of nitrogens with one attached hydrogen (secondary N) is 1. The molecule has 2 rings (SSSR count). The maximum Gasteiger partial charge on any atom is 0.123 e. The van der Waals surface area contributed by atoms with E-state index in [1.54, 1.807) is 7.11 Å². The average molecular weight is 369 g/mol. The number of halogens is 2. The molecular weight excluding hydrogens is 350 g/mol. The highest BCUT2D eigenvalue weighted by molar-refractivity contribution is 9.10. The molecule has 0 saturated heterocycles. The van der Waals surface area contributed by atoms with Gasteiger partial charge in [0.15, 0.2) is 0 Å². The van der Waals surface area contributed by atoms with Gasteiger partial charge in [0.1, 0.15) is 5.75 Å². The van der Waals surface area contributed by atoms with Crippen molar-refractivity contribution in [1.82, 2.24) is 5.32 Å². The minimum Gasteiger partial charge on any atom is -0.496 e. The SMILES string of the molecule is CCCNC(c1ccccc1OC)c1cccc(Br)c1Cl. The van der Waals surface area contributed by atoms with Gasteiger partial charge < -0.3 is 10.1 Å². The zero-order valence-corrected chi connectivity index (χ0v) is 14.5. The summed E-state index contributed by atoms with van der Waals surface area (Å²) in [6.45, 7) is 3.06. The molecule has 2 aromatic rings. The molecule has 112 valence electrons. The molecule has 4 heteroatoms. The van der Waals surface area contributed by atoms with Crippen molar-refractivity contribution in [3.8, 4) is 5.75 Å². The maximum atomic E-state index is 6.48. The first-order valence-electron chi connectivity index (χ1n) is 6.99. The molecule has 2 aromatic carbocycles. The van der Waals surface area contributed by atoms with Crippen LogP contribution in [0.1, 0.15) is 30.5 Å². The van der Waals surface area contributed by atoms with Crippen LogP contribution < -0.4 is 10.1 Å². The quantitative estimate of drug-likeness (QED) is 0.756. The van der Waals surface area contributed by atoms with Crippen LogP contribution in [-0.2, 0) is 0 Å². The topological polar surface area (TPSA) is 21.3 Å². The van der Waals surface area contributed by atoms with E-state index in [2.05, 4.69) is 34.2 Å². The number of benzene rings is 2. The van der Waals surface area contributed by atoms with Crippen molar-refractivity contribution < 1.29 is 4.74 Å². The molecular formula is C17H19BrClNO. The summed E-state index contributed by atoms with van der Waals surface area (Å²) in [7, 11) is 1.69. The van der Waals surface area contributed by atoms with Gasteiger partial charge in [0.25, 0.3) is 0 Å². The summed E-state index contributed by atoms with van der Waals surface area (Å²) in [6, 6.07) is 14.0. The molecule has 0 radical (unpaired) electrons. The molecule has 0 heterocycles. The molecule has 2 nitrogen and oxygen atoms in total. The third-order valence-corrected chi connectivity index (χ3v) is 4.65. The fourth-order valence-electron chi connectivity index (χ4n) is 2.32. The Labute approximate surface area is 139 Å². The second kappa shape index (κ2) is 7.83. The molecule has 0 aliphatic heterocycles. The van der Waals surface area contributed by atoms with Gasteiger partial charge in [-0.1, -0.05) is 48.9 Å². The molecule has 0 fully saturated rings. The van der Waals surface area contributed by atoms with Gasteiger partial charge in [-0.05, 0) is 46.6 Å². The first-order chi connectivity index (χ1) is 10.2. The fraction of sp³-hybridized carbons (Fsp3) is 0.294. The van der Waals surface area contributed by atoms with Gasteiger partial charge in [-0.2, -0.15) is 0 Å². The highest BCUT2D eigenvalue weighted by Gasteiger charge is 2.20. The minimum absolute atomic E-state index is 0.00565. The summed E-state index contributed by atoms with van der Waals surface area (Å²) >= 11 is 9.98. The Morgan fingerprint density at radius 3 is 2.57 bits per heavy atom. The van der Waals surface area contributed by atoms with Gasteiger partial charge in [0, 0.05) is 10.0 Å². The Kier molecular flexibility index (Phi) is 6.09. The van der Waals surface area contributed by atoms with Crippen molar-refractivity contribution in [2.75, 3.05) is 13.7 Å². The average Bonchev–Trinajstić information content (AvgIpc) is 2.52. The molecule has 0 spiro atoms. The number of ether oxygens (including phenoxy) is 1. The standard InChI is InChI=1S/C17H19BrClNO/c1-3-11-20-17(12-7-4-5-10-15(12)21-2)13-8-6-9-14(18)16(13)19/h4-10,17,20H,3,11H2,1-2H3. The van der Waals surface area contributed by atoms with E-state index in [1.165, 1.54) is 0 Å². The molecule has 1 N–H and O–H groups in total. The lowest BCUT2D eigenvalue weighted by atomic mass is 9.97. The van der Waals surface area contributed by atoms with E-state index in [-0.39, 0.29) is 6.04 Å². The predicted octanol–water partition coefficient (Wildman–Crippen LogP) is 5.20. The second-order valence-corrected chi connectivity index (χ2v) is 6.00. The zero-order valence-electron chi connectivity index (χ0n) is 12.2. The lowest BCUT2D eigenvalue weighted by molar-refractivity contribution is 0.404. The molecule has 0 aliphatic rings. The third-order valence-electron chi connectivity index (χ3n) is 3.34. The minimum atomic E-state index is 0.00565. The summed E-state index contributed by atoms with van der Waals surface area (Å²) in [5.41, 5.74) is 2.14. The summed E-state index contributed by atoms with van der Waals surface area (Å²) in [6.07, 6.45) is 1.05. The van der Waals surface area contributed by atoms with Crippen LogP contribution in [0.25, 0.3) is 0 Å². The zero-order chi connectivity index (χ0) is 15.2. The Hall–Kier alpha value is -1.03. The summed E-state index contributed by atoms with van der Waals surface area (Å²) < 4.78 is 6.41. The monoisotopic (exact) mass is 367 g/mol. The maximum absolute atomic E-state index is 6.48. The van der Waals surface area contributed by atoms with Crippen molar-refractivity contribution in [2.24, 2.45) is 0 Å². The highest BCUT2D eigenvalue weighted by Crippen LogP contribution is 2.36. The smallest absolute Gasteiger partial charge is 0.123 e. The van der Waals surface area contributed by atoms with Gasteiger partial charge in [-0.15, -0.1) is 0 Å². The van der Waals surface area contributed by atoms with Crippen molar-refractivity contribution in [3.05, 3.63) is 63.1 Å². The van der Waals surface area contributed by atoms with Gasteiger partial charge in [-0.25, -0.2) is 0 Å². The Bertz CT molecular complexity index is 603. The van der Waals surface area contributed by atoms with E-state index < -0.39 is 0 Å². The molecule has 0 bridgehead atoms. The van der Waals surface area contributed by atoms with Crippen molar-refractivity contribution in [3.63, 3.8) is 0 Å². The van der Waals surface area contributed by atoms with Crippen LogP contribution in [-0.4, -0.2) is 13.7 Å². The largest absolute Gasteiger partial charge is 0.496 e. The number of hydrogen-bond acceptors (Lipinski definition) is 2. The van der Waals surface area contributed by atoms with Crippen LogP contribution in [0, 0.1) is 0 Å². The number of hydrogen-bond donors (Lipinski definition) is 1. The lowest BCUT2D eigenvalue weighted by Crippen LogP contribution is -2.24. The Morgan fingerprint density at radius 2 is 1.86 bits per heavy atom. The van der Waals surface area contributed by atoms with Gasteiger partial charge in [0.2, 0.25) is 0 Å². The van der Waals surface area contributed by atoms with Crippen molar-refractivity contribution in [2.45, 2.75) is 19.4 Å². The van der Waals surface area contributed by atoms with E-state index >= 15 is 0 Å². The lowest BCUT2D eigenvalue weighted by Gasteiger charge is -2.23. The number of methoxy groups -OCH3 is 1. The van der Waals surface area contributed by atoms with Crippen LogP contribution in [0.3, 0.4) is 0 Å². The van der Waals surface area contributed by atoms with E-state index in [4.69, 9.17) is 16.3 Å². The Balaban J connectivity index is 2.50. The van der Waals surface area contributed by atoms with Crippen LogP contribution >= 0.6 is 27.5 Å². The molecule has 0 aromatic heterocycles. The highest BCUT2D eigenvalue weighted by atomic mass is 79.9. The summed E-state index contributed by atoms with van der Waals surface area (Å²) in [5.74, 6) is 0.863. The van der Waals surface area contributed by atoms with Crippen LogP contribution in [0.4, 0.5) is 0 Å². The van der Waals surface area contributed by atoms with E-state index in [9.17, 15) is 0 Å². The fourth-order valence-corrected chi connectivity index (χ4v) is 2.94. The first-order valence-corrected chi connectivity index (χ1v) is 8.16. The summed E-state index contributed by atoms with van der Waals surface area (Å²) in [5, 5.41) is 4.29. The molecule has 1 atom stereocenters. The normalized spacial score (nSPS) is 12.2. The van der Waals surface area contributed by atoms with E-state index in [1.807, 2.05) is 36.4 Å². The third kappa shape index (κ3) is 3.79. The predicted molar refractivity (Wildman–Crippen MR) is 92.3 cm³/mol. The van der Waals surface area contributed by atoms with Gasteiger partial charge in [-0.3, -0.25) is 0 Å². The van der Waals surface area contributed by atoms with Crippen LogP contribution in [0.2, 0.25) is 5.02 Å². The molecule has 0 aliphatic carbocycles. The second-order valence-electron chi connectivity index (χ2n) is 4.77. The van der Waals surface area contributed by atoms with E-state index in [0.29, 0.717) is 0 Å². The molecule has 0 amide bonds. The number of rotatable bonds is 6. The molecule has 21 heavy (non-hydrogen) atoms. The summed E-state index contributed by atoms with van der Waals surface area (Å²) in [4.78, 5) is 0. The Morgan fingerprint density at radius 1 is 1.14 bits per heavy atom. The van der Waals surface area contributed by atoms with E-state index in [0.717, 1.165) is 39.3 Å². The van der Waals surface area contributed by atoms with Crippen molar-refractivity contribution >= 4 is 27.5 Å². The van der Waals surface area contributed by atoms with Crippen LogP contribution in [0.15, 0.2) is 46.9 Å².